The summed E-state index contributed by atoms with van der Waals surface area (Å²) in [6, 6.07) is 20.1. The molecule has 1 atom stereocenters. The maximum absolute atomic E-state index is 13.0. The van der Waals surface area contributed by atoms with Crippen LogP contribution >= 0.6 is 0 Å². The second kappa shape index (κ2) is 6.63. The first-order valence-electron chi connectivity index (χ1n) is 8.76. The normalized spacial score (nSPS) is 17.2. The molecule has 0 saturated carbocycles. The summed E-state index contributed by atoms with van der Waals surface area (Å²) in [5.41, 5.74) is 1.99. The van der Waals surface area contributed by atoms with E-state index in [0.29, 0.717) is 6.54 Å². The van der Waals surface area contributed by atoms with Crippen LogP contribution in [-0.2, 0) is 11.3 Å². The zero-order valence-corrected chi connectivity index (χ0v) is 14.4. The van der Waals surface area contributed by atoms with Gasteiger partial charge in [-0.05, 0) is 37.1 Å². The number of rotatable bonds is 4. The van der Waals surface area contributed by atoms with Gasteiger partial charge in [-0.15, -0.1) is 0 Å². The summed E-state index contributed by atoms with van der Waals surface area (Å²) in [5.74, 6) is 0.975. The van der Waals surface area contributed by atoms with E-state index >= 15 is 0 Å². The Morgan fingerprint density at radius 1 is 1.16 bits per heavy atom. The lowest BCUT2D eigenvalue weighted by atomic mass is 10.1. The van der Waals surface area contributed by atoms with Crippen molar-refractivity contribution < 1.29 is 9.21 Å². The maximum Gasteiger partial charge on any atom is 0.245 e. The summed E-state index contributed by atoms with van der Waals surface area (Å²) >= 11 is 0. The monoisotopic (exact) mass is 334 g/mol. The van der Waals surface area contributed by atoms with Gasteiger partial charge in [0.2, 0.25) is 5.91 Å². The first-order chi connectivity index (χ1) is 12.2. The zero-order valence-electron chi connectivity index (χ0n) is 14.4. The van der Waals surface area contributed by atoms with Crippen molar-refractivity contribution in [3.05, 3.63) is 66.4 Å². The molecule has 2 heterocycles. The number of anilines is 1. The van der Waals surface area contributed by atoms with Gasteiger partial charge < -0.3 is 14.2 Å². The maximum atomic E-state index is 13.0. The third kappa shape index (κ3) is 3.12. The van der Waals surface area contributed by atoms with Crippen LogP contribution in [0.25, 0.3) is 11.0 Å². The average Bonchev–Trinajstić information content (AvgIpc) is 3.28. The van der Waals surface area contributed by atoms with Crippen molar-refractivity contribution >= 4 is 22.6 Å². The molecule has 1 fully saturated rings. The Labute approximate surface area is 147 Å². The van der Waals surface area contributed by atoms with Gasteiger partial charge in [-0.2, -0.15) is 0 Å². The first-order valence-corrected chi connectivity index (χ1v) is 8.76. The number of amides is 1. The van der Waals surface area contributed by atoms with E-state index in [9.17, 15) is 4.79 Å². The van der Waals surface area contributed by atoms with Crippen molar-refractivity contribution in [1.29, 1.82) is 0 Å². The highest BCUT2D eigenvalue weighted by molar-refractivity contribution is 5.86. The first kappa shape index (κ1) is 15.8. The molecular formula is C21H22N2O2. The van der Waals surface area contributed by atoms with Gasteiger partial charge in [-0.25, -0.2) is 0 Å². The van der Waals surface area contributed by atoms with Crippen LogP contribution in [0, 0.1) is 0 Å². The fourth-order valence-corrected chi connectivity index (χ4v) is 3.63. The molecule has 1 aromatic heterocycles. The number of carbonyl (C=O) groups is 1. The Bertz CT molecular complexity index is 839. The molecule has 4 heteroatoms. The molecule has 4 nitrogen and oxygen atoms in total. The van der Waals surface area contributed by atoms with Gasteiger partial charge >= 0.3 is 0 Å². The van der Waals surface area contributed by atoms with Crippen molar-refractivity contribution in [1.82, 2.24) is 4.90 Å². The third-order valence-corrected chi connectivity index (χ3v) is 4.87. The standard InChI is InChI=1S/C21H22N2O2/c1-22(15-18-14-16-8-5-6-12-20(16)25-18)21(24)19-11-7-13-23(19)17-9-3-2-4-10-17/h2-6,8-10,12,14,19H,7,11,13,15H2,1H3. The molecule has 128 valence electrons. The van der Waals surface area contributed by atoms with Crippen LogP contribution in [0.4, 0.5) is 5.69 Å². The van der Waals surface area contributed by atoms with Gasteiger partial charge in [0, 0.05) is 24.7 Å². The molecule has 0 bridgehead atoms. The van der Waals surface area contributed by atoms with Crippen LogP contribution in [0.2, 0.25) is 0 Å². The Kier molecular flexibility index (Phi) is 4.18. The number of carbonyl (C=O) groups excluding carboxylic acids is 1. The molecule has 1 aliphatic heterocycles. The lowest BCUT2D eigenvalue weighted by Crippen LogP contribution is -2.43. The molecule has 3 aromatic rings. The van der Waals surface area contributed by atoms with E-state index in [1.165, 1.54) is 0 Å². The highest BCUT2D eigenvalue weighted by Gasteiger charge is 2.32. The lowest BCUT2D eigenvalue weighted by Gasteiger charge is -2.29. The van der Waals surface area contributed by atoms with Crippen LogP contribution in [0.3, 0.4) is 0 Å². The summed E-state index contributed by atoms with van der Waals surface area (Å²) in [4.78, 5) is 17.0. The second-order valence-electron chi connectivity index (χ2n) is 6.63. The number of para-hydroxylation sites is 2. The number of furan rings is 1. The van der Waals surface area contributed by atoms with Crippen LogP contribution < -0.4 is 4.90 Å². The number of likely N-dealkylation sites (N-methyl/N-ethyl adjacent to an activating group) is 1. The second-order valence-corrected chi connectivity index (χ2v) is 6.63. The summed E-state index contributed by atoms with van der Waals surface area (Å²) in [6.07, 6.45) is 1.95. The summed E-state index contributed by atoms with van der Waals surface area (Å²) in [6.45, 7) is 1.42. The molecule has 1 unspecified atom stereocenters. The van der Waals surface area contributed by atoms with Crippen molar-refractivity contribution in [2.24, 2.45) is 0 Å². The van der Waals surface area contributed by atoms with E-state index < -0.39 is 0 Å². The Morgan fingerprint density at radius 3 is 2.72 bits per heavy atom. The van der Waals surface area contributed by atoms with Gasteiger partial charge in [-0.1, -0.05) is 36.4 Å². The number of benzene rings is 2. The molecule has 1 saturated heterocycles. The Morgan fingerprint density at radius 2 is 1.92 bits per heavy atom. The minimum atomic E-state index is -0.0863. The predicted octanol–water partition coefficient (Wildman–Crippen LogP) is 4.06. The Hall–Kier alpha value is -2.75. The lowest BCUT2D eigenvalue weighted by molar-refractivity contribution is -0.131. The number of hydrogen-bond donors (Lipinski definition) is 0. The van der Waals surface area contributed by atoms with E-state index in [1.54, 1.807) is 4.90 Å². The van der Waals surface area contributed by atoms with Crippen LogP contribution in [0.5, 0.6) is 0 Å². The minimum Gasteiger partial charge on any atom is -0.459 e. The fraction of sp³-hybridized carbons (Fsp3) is 0.286. The molecule has 4 rings (SSSR count). The van der Waals surface area contributed by atoms with Crippen LogP contribution in [-0.4, -0.2) is 30.4 Å². The molecule has 0 radical (unpaired) electrons. The molecule has 1 aliphatic rings. The highest BCUT2D eigenvalue weighted by atomic mass is 16.3. The van der Waals surface area contributed by atoms with E-state index in [-0.39, 0.29) is 11.9 Å². The molecular weight excluding hydrogens is 312 g/mol. The van der Waals surface area contributed by atoms with Crippen molar-refractivity contribution in [2.45, 2.75) is 25.4 Å². The van der Waals surface area contributed by atoms with Gasteiger partial charge in [0.25, 0.3) is 0 Å². The molecule has 0 aliphatic carbocycles. The van der Waals surface area contributed by atoms with Gasteiger partial charge in [0.05, 0.1) is 6.54 Å². The smallest absolute Gasteiger partial charge is 0.245 e. The summed E-state index contributed by atoms with van der Waals surface area (Å²) < 4.78 is 5.86. The molecule has 0 spiro atoms. The van der Waals surface area contributed by atoms with E-state index in [1.807, 2.05) is 55.6 Å². The SMILES string of the molecule is CN(Cc1cc2ccccc2o1)C(=O)C1CCCN1c1ccccc1. The average molecular weight is 334 g/mol. The van der Waals surface area contributed by atoms with Crippen molar-refractivity contribution in [2.75, 3.05) is 18.5 Å². The predicted molar refractivity (Wildman–Crippen MR) is 99.5 cm³/mol. The van der Waals surface area contributed by atoms with E-state index in [4.69, 9.17) is 4.42 Å². The fourth-order valence-electron chi connectivity index (χ4n) is 3.63. The van der Waals surface area contributed by atoms with E-state index in [2.05, 4.69) is 17.0 Å². The molecule has 25 heavy (non-hydrogen) atoms. The summed E-state index contributed by atoms with van der Waals surface area (Å²) in [5, 5.41) is 1.07. The van der Waals surface area contributed by atoms with Crippen LogP contribution in [0.15, 0.2) is 65.1 Å². The topological polar surface area (TPSA) is 36.7 Å². The van der Waals surface area contributed by atoms with Gasteiger partial charge in [0.15, 0.2) is 0 Å². The summed E-state index contributed by atoms with van der Waals surface area (Å²) in [7, 11) is 1.86. The number of hydrogen-bond acceptors (Lipinski definition) is 3. The van der Waals surface area contributed by atoms with Crippen molar-refractivity contribution in [3.63, 3.8) is 0 Å². The third-order valence-electron chi connectivity index (χ3n) is 4.87. The Balaban J connectivity index is 1.49. The minimum absolute atomic E-state index is 0.0863. The van der Waals surface area contributed by atoms with Gasteiger partial charge in [-0.3, -0.25) is 4.79 Å². The van der Waals surface area contributed by atoms with E-state index in [0.717, 1.165) is 41.8 Å². The molecule has 1 amide bonds. The number of fused-ring (bicyclic) bond motifs is 1. The van der Waals surface area contributed by atoms with Crippen molar-refractivity contribution in [3.8, 4) is 0 Å². The quantitative estimate of drug-likeness (QED) is 0.722. The van der Waals surface area contributed by atoms with Crippen LogP contribution in [0.1, 0.15) is 18.6 Å². The highest BCUT2D eigenvalue weighted by Crippen LogP contribution is 2.27. The van der Waals surface area contributed by atoms with Gasteiger partial charge in [0.1, 0.15) is 17.4 Å². The zero-order chi connectivity index (χ0) is 17.2. The molecule has 2 aromatic carbocycles. The molecule has 0 N–H and O–H groups in total. The number of nitrogens with zero attached hydrogens (tertiary/aromatic N) is 2. The largest absolute Gasteiger partial charge is 0.459 e.